The molecular formula is C24H23ClN2O3. The van der Waals surface area contributed by atoms with Crippen LogP contribution >= 0.6 is 11.6 Å². The number of amides is 1. The van der Waals surface area contributed by atoms with Crippen LogP contribution in [0.2, 0.25) is 5.02 Å². The highest BCUT2D eigenvalue weighted by Crippen LogP contribution is 2.35. The third-order valence-electron chi connectivity index (χ3n) is 6.22. The summed E-state index contributed by atoms with van der Waals surface area (Å²) in [4.78, 5) is 27.0. The number of benzene rings is 1. The number of pyridine rings is 1. The second-order valence-corrected chi connectivity index (χ2v) is 8.65. The van der Waals surface area contributed by atoms with Crippen LogP contribution in [0, 0.1) is 5.92 Å². The lowest BCUT2D eigenvalue weighted by Crippen LogP contribution is -2.49. The maximum Gasteiger partial charge on any atom is 0.250 e. The highest BCUT2D eigenvalue weighted by Gasteiger charge is 2.36. The van der Waals surface area contributed by atoms with E-state index in [-0.39, 0.29) is 17.4 Å². The minimum absolute atomic E-state index is 0.0640. The Hall–Kier alpha value is -2.79. The number of halogens is 1. The molecule has 1 amide bonds. The van der Waals surface area contributed by atoms with Crippen LogP contribution in [0.1, 0.15) is 30.2 Å². The highest BCUT2D eigenvalue weighted by atomic mass is 35.5. The van der Waals surface area contributed by atoms with Crippen LogP contribution in [0.25, 0.3) is 11.3 Å². The van der Waals surface area contributed by atoms with Crippen LogP contribution in [-0.4, -0.2) is 28.5 Å². The Morgan fingerprint density at radius 1 is 1.03 bits per heavy atom. The average Bonchev–Trinajstić information content (AvgIpc) is 3.22. The Labute approximate surface area is 179 Å². The van der Waals surface area contributed by atoms with Gasteiger partial charge >= 0.3 is 0 Å². The summed E-state index contributed by atoms with van der Waals surface area (Å²) in [6, 6.07) is 16.9. The predicted octanol–water partition coefficient (Wildman–Crippen LogP) is 4.34. The Balaban J connectivity index is 1.24. The number of nitrogens with zero attached hydrogens (tertiary/aromatic N) is 2. The molecule has 2 aliphatic rings. The van der Waals surface area contributed by atoms with Gasteiger partial charge in [0.05, 0.1) is 5.02 Å². The molecule has 0 N–H and O–H groups in total. The van der Waals surface area contributed by atoms with E-state index in [2.05, 4.69) is 0 Å². The first-order valence-corrected chi connectivity index (χ1v) is 10.8. The first-order valence-electron chi connectivity index (χ1n) is 10.4. The van der Waals surface area contributed by atoms with E-state index in [1.165, 1.54) is 0 Å². The van der Waals surface area contributed by atoms with Crippen molar-refractivity contribution in [3.63, 3.8) is 0 Å². The van der Waals surface area contributed by atoms with E-state index in [9.17, 15) is 9.59 Å². The molecule has 5 nitrogen and oxygen atoms in total. The molecule has 2 unspecified atom stereocenters. The van der Waals surface area contributed by atoms with Crippen molar-refractivity contribution in [1.29, 1.82) is 0 Å². The summed E-state index contributed by atoms with van der Waals surface area (Å²) in [5, 5.41) is 0.647. The van der Waals surface area contributed by atoms with Gasteiger partial charge in [-0.2, -0.15) is 0 Å². The van der Waals surface area contributed by atoms with Crippen molar-refractivity contribution in [2.75, 3.05) is 13.1 Å². The normalized spacial score (nSPS) is 20.1. The van der Waals surface area contributed by atoms with E-state index in [4.69, 9.17) is 16.0 Å². The number of piperidine rings is 1. The van der Waals surface area contributed by atoms with E-state index < -0.39 is 0 Å². The number of aromatic nitrogens is 1. The maximum absolute atomic E-state index is 12.9. The van der Waals surface area contributed by atoms with Gasteiger partial charge in [-0.15, -0.1) is 0 Å². The van der Waals surface area contributed by atoms with Gasteiger partial charge in [0.2, 0.25) is 5.91 Å². The zero-order chi connectivity index (χ0) is 20.7. The average molecular weight is 423 g/mol. The number of furan rings is 1. The highest BCUT2D eigenvalue weighted by molar-refractivity contribution is 6.33. The summed E-state index contributed by atoms with van der Waals surface area (Å²) < 4.78 is 7.82. The lowest BCUT2D eigenvalue weighted by Gasteiger charge is -2.42. The number of likely N-dealkylation sites (tertiary alicyclic amines) is 1. The van der Waals surface area contributed by atoms with Gasteiger partial charge in [0.25, 0.3) is 5.56 Å². The van der Waals surface area contributed by atoms with Gasteiger partial charge < -0.3 is 13.9 Å². The summed E-state index contributed by atoms with van der Waals surface area (Å²) in [6.07, 6.45) is 2.02. The first kappa shape index (κ1) is 19.2. The van der Waals surface area contributed by atoms with Gasteiger partial charge in [-0.25, -0.2) is 0 Å². The molecule has 154 valence electrons. The van der Waals surface area contributed by atoms with Crippen LogP contribution in [0.4, 0.5) is 0 Å². The Kier molecular flexibility index (Phi) is 4.99. The molecule has 3 aromatic rings. The van der Waals surface area contributed by atoms with E-state index in [0.29, 0.717) is 36.9 Å². The van der Waals surface area contributed by atoms with Crippen LogP contribution in [0.3, 0.4) is 0 Å². The molecule has 0 aliphatic carbocycles. The molecule has 0 spiro atoms. The molecule has 6 heteroatoms. The fraction of sp³-hybridized carbons (Fsp3) is 0.333. The topological polar surface area (TPSA) is 55.5 Å². The van der Waals surface area contributed by atoms with Crippen LogP contribution in [0.15, 0.2) is 63.8 Å². The van der Waals surface area contributed by atoms with Gasteiger partial charge in [0, 0.05) is 55.7 Å². The number of hydrogen-bond donors (Lipinski definition) is 0. The summed E-state index contributed by atoms with van der Waals surface area (Å²) in [6.45, 7) is 2.11. The van der Waals surface area contributed by atoms with Gasteiger partial charge in [0.1, 0.15) is 11.5 Å². The van der Waals surface area contributed by atoms with E-state index in [1.54, 1.807) is 6.07 Å². The monoisotopic (exact) mass is 422 g/mol. The molecular weight excluding hydrogens is 400 g/mol. The Bertz CT molecular complexity index is 1150. The Morgan fingerprint density at radius 3 is 2.77 bits per heavy atom. The molecule has 2 bridgehead atoms. The number of fused-ring (bicyclic) bond motifs is 4. The molecule has 30 heavy (non-hydrogen) atoms. The molecule has 1 fully saturated rings. The van der Waals surface area contributed by atoms with Crippen molar-refractivity contribution in [1.82, 2.24) is 9.47 Å². The number of carbonyl (C=O) groups is 1. The van der Waals surface area contributed by atoms with Gasteiger partial charge in [-0.3, -0.25) is 9.59 Å². The van der Waals surface area contributed by atoms with Crippen molar-refractivity contribution in [2.45, 2.75) is 31.7 Å². The van der Waals surface area contributed by atoms with E-state index in [0.717, 1.165) is 35.7 Å². The van der Waals surface area contributed by atoms with Crippen LogP contribution in [0.5, 0.6) is 0 Å². The fourth-order valence-corrected chi connectivity index (χ4v) is 5.04. The zero-order valence-corrected chi connectivity index (χ0v) is 17.3. The minimum atomic E-state index is 0.0640. The Morgan fingerprint density at radius 2 is 1.90 bits per heavy atom. The molecule has 5 rings (SSSR count). The molecule has 2 atom stereocenters. The van der Waals surface area contributed by atoms with Gasteiger partial charge in [0.15, 0.2) is 0 Å². The number of hydrogen-bond acceptors (Lipinski definition) is 3. The smallest absolute Gasteiger partial charge is 0.250 e. The summed E-state index contributed by atoms with van der Waals surface area (Å²) in [7, 11) is 0. The van der Waals surface area contributed by atoms with Gasteiger partial charge in [-0.1, -0.05) is 29.8 Å². The lowest BCUT2D eigenvalue weighted by atomic mass is 9.83. The third-order valence-corrected chi connectivity index (χ3v) is 6.55. The SMILES string of the molecule is O=C(CCc1ccc(-c2ccccc2Cl)o1)N1CC2CC(C1)c1cccc(=O)n1C2. The largest absolute Gasteiger partial charge is 0.461 e. The molecule has 2 aliphatic heterocycles. The summed E-state index contributed by atoms with van der Waals surface area (Å²) in [5.74, 6) is 2.23. The summed E-state index contributed by atoms with van der Waals surface area (Å²) in [5.41, 5.74) is 1.98. The van der Waals surface area contributed by atoms with Crippen molar-refractivity contribution < 1.29 is 9.21 Å². The molecule has 4 heterocycles. The lowest BCUT2D eigenvalue weighted by molar-refractivity contribution is -0.134. The zero-order valence-electron chi connectivity index (χ0n) is 16.6. The standard InChI is InChI=1S/C24H23ClN2O3/c25-20-5-2-1-4-19(20)22-10-8-18(30-22)9-11-23(28)26-13-16-12-17(15-26)21-6-3-7-24(29)27(21)14-16/h1-8,10,16-17H,9,11-15H2. The quantitative estimate of drug-likeness (QED) is 0.628. The molecule has 0 saturated carbocycles. The molecule has 1 saturated heterocycles. The first-order chi connectivity index (χ1) is 14.6. The van der Waals surface area contributed by atoms with E-state index >= 15 is 0 Å². The second-order valence-electron chi connectivity index (χ2n) is 8.24. The maximum atomic E-state index is 12.9. The second kappa shape index (κ2) is 7.80. The van der Waals surface area contributed by atoms with Crippen LogP contribution in [-0.2, 0) is 17.8 Å². The van der Waals surface area contributed by atoms with Crippen molar-refractivity contribution in [3.8, 4) is 11.3 Å². The van der Waals surface area contributed by atoms with Crippen molar-refractivity contribution in [2.24, 2.45) is 5.92 Å². The third kappa shape index (κ3) is 3.58. The molecule has 2 aromatic heterocycles. The van der Waals surface area contributed by atoms with Crippen LogP contribution < -0.4 is 5.56 Å². The van der Waals surface area contributed by atoms with Crippen molar-refractivity contribution >= 4 is 17.5 Å². The minimum Gasteiger partial charge on any atom is -0.461 e. The molecule has 1 aromatic carbocycles. The number of aryl methyl sites for hydroxylation is 1. The number of rotatable bonds is 4. The van der Waals surface area contributed by atoms with Gasteiger partial charge in [-0.05, 0) is 42.7 Å². The summed E-state index contributed by atoms with van der Waals surface area (Å²) >= 11 is 6.25. The van der Waals surface area contributed by atoms with Crippen molar-refractivity contribution in [3.05, 3.63) is 81.4 Å². The fourth-order valence-electron chi connectivity index (χ4n) is 4.81. The number of carbonyl (C=O) groups excluding carboxylic acids is 1. The molecule has 0 radical (unpaired) electrons. The predicted molar refractivity (Wildman–Crippen MR) is 116 cm³/mol. The van der Waals surface area contributed by atoms with E-state index in [1.807, 2.05) is 58.0 Å².